The minimum absolute atomic E-state index is 0.0197. The first-order valence-corrected chi connectivity index (χ1v) is 12.1. The Morgan fingerprint density at radius 2 is 1.72 bits per heavy atom. The topological polar surface area (TPSA) is 99.0 Å². The van der Waals surface area contributed by atoms with Gasteiger partial charge in [-0.25, -0.2) is 0 Å². The van der Waals surface area contributed by atoms with E-state index in [0.29, 0.717) is 27.4 Å². The second-order valence-electron chi connectivity index (χ2n) is 7.56. The predicted molar refractivity (Wildman–Crippen MR) is 138 cm³/mol. The molecule has 0 bridgehead atoms. The normalized spacial score (nSPS) is 14.4. The number of nitro groups is 1. The number of ether oxygens (including phenoxy) is 2. The number of benzene rings is 3. The van der Waals surface area contributed by atoms with Gasteiger partial charge in [0.15, 0.2) is 11.5 Å². The van der Waals surface area contributed by atoms with E-state index in [9.17, 15) is 19.7 Å². The zero-order valence-electron chi connectivity index (χ0n) is 18.8. The monoisotopic (exact) mass is 544 g/mol. The molecule has 0 unspecified atom stereocenters. The highest BCUT2D eigenvalue weighted by atomic mass is 35.5. The Morgan fingerprint density at radius 1 is 1.03 bits per heavy atom. The van der Waals surface area contributed by atoms with Gasteiger partial charge >= 0.3 is 0 Å². The molecule has 0 aromatic heterocycles. The maximum atomic E-state index is 13.0. The van der Waals surface area contributed by atoms with Crippen molar-refractivity contribution in [3.63, 3.8) is 0 Å². The van der Waals surface area contributed by atoms with Crippen molar-refractivity contribution in [2.75, 3.05) is 7.11 Å². The van der Waals surface area contributed by atoms with Crippen LogP contribution < -0.4 is 9.47 Å². The van der Waals surface area contributed by atoms with Gasteiger partial charge in [-0.15, -0.1) is 0 Å². The van der Waals surface area contributed by atoms with Gasteiger partial charge in [-0.3, -0.25) is 24.6 Å². The summed E-state index contributed by atoms with van der Waals surface area (Å²) < 4.78 is 11.1. The van der Waals surface area contributed by atoms with E-state index in [-0.39, 0.29) is 40.8 Å². The molecule has 1 heterocycles. The molecule has 1 saturated heterocycles. The van der Waals surface area contributed by atoms with Crippen molar-refractivity contribution in [2.45, 2.75) is 13.2 Å². The predicted octanol–water partition coefficient (Wildman–Crippen LogP) is 6.73. The number of methoxy groups -OCH3 is 1. The summed E-state index contributed by atoms with van der Waals surface area (Å²) in [7, 11) is 1.40. The van der Waals surface area contributed by atoms with E-state index in [1.54, 1.807) is 18.2 Å². The molecule has 0 aliphatic carbocycles. The molecule has 0 N–H and O–H groups in total. The third kappa shape index (κ3) is 5.48. The van der Waals surface area contributed by atoms with E-state index < -0.39 is 16.1 Å². The van der Waals surface area contributed by atoms with E-state index >= 15 is 0 Å². The average molecular weight is 545 g/mol. The lowest BCUT2D eigenvalue weighted by Gasteiger charge is -2.14. The first-order chi connectivity index (χ1) is 17.3. The molecule has 1 aliphatic heterocycles. The standard InChI is InChI=1S/C25H18Cl2N2O6S/c1-34-21-10-16(20(29(32)33)12-22(21)35-14-15-6-3-2-4-7-15)11-23-24(30)28(25(31)36-23)13-17-18(26)8-5-9-19(17)27/h2-12H,13-14H2,1H3/b23-11-. The first-order valence-electron chi connectivity index (χ1n) is 10.5. The summed E-state index contributed by atoms with van der Waals surface area (Å²) in [6, 6.07) is 16.8. The molecule has 0 atom stereocenters. The number of amides is 2. The van der Waals surface area contributed by atoms with Crippen molar-refractivity contribution in [1.29, 1.82) is 0 Å². The van der Waals surface area contributed by atoms with Crippen molar-refractivity contribution in [1.82, 2.24) is 4.90 Å². The SMILES string of the molecule is COc1cc(/C=C2\SC(=O)N(Cc3c(Cl)cccc3Cl)C2=O)c([N+](=O)[O-])cc1OCc1ccccc1. The van der Waals surface area contributed by atoms with Crippen LogP contribution in [0.3, 0.4) is 0 Å². The molecule has 0 saturated carbocycles. The van der Waals surface area contributed by atoms with Gasteiger partial charge < -0.3 is 9.47 Å². The minimum Gasteiger partial charge on any atom is -0.493 e. The molecule has 0 spiro atoms. The van der Waals surface area contributed by atoms with Crippen LogP contribution in [0.5, 0.6) is 11.5 Å². The van der Waals surface area contributed by atoms with E-state index in [1.807, 2.05) is 30.3 Å². The number of hydrogen-bond acceptors (Lipinski definition) is 7. The molecule has 184 valence electrons. The van der Waals surface area contributed by atoms with Gasteiger partial charge in [0.05, 0.1) is 35.1 Å². The van der Waals surface area contributed by atoms with E-state index in [4.69, 9.17) is 32.7 Å². The Labute approximate surface area is 220 Å². The molecule has 1 fully saturated rings. The van der Waals surface area contributed by atoms with Gasteiger partial charge in [0.1, 0.15) is 6.61 Å². The van der Waals surface area contributed by atoms with Crippen LogP contribution in [0.15, 0.2) is 65.6 Å². The Balaban J connectivity index is 1.63. The van der Waals surface area contributed by atoms with Gasteiger partial charge in [-0.1, -0.05) is 59.6 Å². The fraction of sp³-hybridized carbons (Fsp3) is 0.120. The highest BCUT2D eigenvalue weighted by Gasteiger charge is 2.36. The third-order valence-corrected chi connectivity index (χ3v) is 6.90. The highest BCUT2D eigenvalue weighted by Crippen LogP contribution is 2.40. The Kier molecular flexibility index (Phi) is 7.83. The number of rotatable bonds is 8. The lowest BCUT2D eigenvalue weighted by Crippen LogP contribution is -2.27. The molecule has 3 aromatic carbocycles. The minimum atomic E-state index is -0.612. The molecule has 4 rings (SSSR count). The summed E-state index contributed by atoms with van der Waals surface area (Å²) in [6.45, 7) is 0.0510. The van der Waals surface area contributed by atoms with Crippen LogP contribution >= 0.6 is 35.0 Å². The average Bonchev–Trinajstić information content (AvgIpc) is 3.12. The summed E-state index contributed by atoms with van der Waals surface area (Å²) in [5.74, 6) is -0.199. The fourth-order valence-corrected chi connectivity index (χ4v) is 4.81. The van der Waals surface area contributed by atoms with Crippen LogP contribution in [0.1, 0.15) is 16.7 Å². The van der Waals surface area contributed by atoms with Crippen LogP contribution in [0, 0.1) is 10.1 Å². The summed E-state index contributed by atoms with van der Waals surface area (Å²) in [6.07, 6.45) is 1.29. The lowest BCUT2D eigenvalue weighted by atomic mass is 10.1. The van der Waals surface area contributed by atoms with Gasteiger partial charge in [0.25, 0.3) is 16.8 Å². The molecule has 36 heavy (non-hydrogen) atoms. The summed E-state index contributed by atoms with van der Waals surface area (Å²) in [5.41, 5.74) is 1.08. The smallest absolute Gasteiger partial charge is 0.293 e. The summed E-state index contributed by atoms with van der Waals surface area (Å²) >= 11 is 13.0. The van der Waals surface area contributed by atoms with Gasteiger partial charge in [0.2, 0.25) is 0 Å². The number of nitro benzene ring substituents is 1. The van der Waals surface area contributed by atoms with Crippen molar-refractivity contribution in [2.24, 2.45) is 0 Å². The van der Waals surface area contributed by atoms with Gasteiger partial charge in [-0.05, 0) is 41.6 Å². The Morgan fingerprint density at radius 3 is 2.36 bits per heavy atom. The molecule has 8 nitrogen and oxygen atoms in total. The number of carbonyl (C=O) groups excluding carboxylic acids is 2. The molecule has 0 radical (unpaired) electrons. The fourth-order valence-electron chi connectivity index (χ4n) is 3.47. The number of carbonyl (C=O) groups is 2. The Hall–Kier alpha value is -3.53. The Bertz CT molecular complexity index is 1360. The van der Waals surface area contributed by atoms with Crippen molar-refractivity contribution in [3.8, 4) is 11.5 Å². The van der Waals surface area contributed by atoms with Gasteiger partial charge in [0, 0.05) is 15.6 Å². The highest BCUT2D eigenvalue weighted by molar-refractivity contribution is 8.18. The summed E-state index contributed by atoms with van der Waals surface area (Å²) in [4.78, 5) is 37.9. The number of nitrogens with zero attached hydrogens (tertiary/aromatic N) is 2. The second-order valence-corrected chi connectivity index (χ2v) is 9.37. The van der Waals surface area contributed by atoms with Crippen LogP contribution in [-0.4, -0.2) is 28.1 Å². The van der Waals surface area contributed by atoms with Gasteiger partial charge in [-0.2, -0.15) is 0 Å². The van der Waals surface area contributed by atoms with Crippen LogP contribution in [0.25, 0.3) is 6.08 Å². The second kappa shape index (κ2) is 11.0. The molecule has 11 heteroatoms. The molecular weight excluding hydrogens is 527 g/mol. The van der Waals surface area contributed by atoms with E-state index in [2.05, 4.69) is 0 Å². The van der Waals surface area contributed by atoms with E-state index in [0.717, 1.165) is 10.5 Å². The number of hydrogen-bond donors (Lipinski definition) is 0. The van der Waals surface area contributed by atoms with Crippen LogP contribution in [-0.2, 0) is 17.9 Å². The number of imide groups is 1. The van der Waals surface area contributed by atoms with E-state index in [1.165, 1.54) is 25.3 Å². The first kappa shape index (κ1) is 25.6. The zero-order chi connectivity index (χ0) is 25.8. The zero-order valence-corrected chi connectivity index (χ0v) is 21.1. The maximum Gasteiger partial charge on any atom is 0.293 e. The summed E-state index contributed by atoms with van der Waals surface area (Å²) in [5, 5.41) is 11.9. The van der Waals surface area contributed by atoms with Crippen molar-refractivity contribution in [3.05, 3.63) is 102 Å². The molecule has 2 amide bonds. The van der Waals surface area contributed by atoms with Crippen molar-refractivity contribution >= 4 is 57.9 Å². The third-order valence-electron chi connectivity index (χ3n) is 5.28. The maximum absolute atomic E-state index is 13.0. The van der Waals surface area contributed by atoms with Crippen LogP contribution in [0.4, 0.5) is 10.5 Å². The number of thioether (sulfide) groups is 1. The van der Waals surface area contributed by atoms with Crippen molar-refractivity contribution < 1.29 is 24.0 Å². The molecule has 1 aliphatic rings. The molecule has 3 aromatic rings. The number of halogens is 2. The molecular formula is C25H18Cl2N2O6S. The van der Waals surface area contributed by atoms with Crippen LogP contribution in [0.2, 0.25) is 10.0 Å². The largest absolute Gasteiger partial charge is 0.493 e. The lowest BCUT2D eigenvalue weighted by molar-refractivity contribution is -0.385. The quantitative estimate of drug-likeness (QED) is 0.176.